The van der Waals surface area contributed by atoms with E-state index in [1.165, 1.54) is 24.9 Å². The third kappa shape index (κ3) is 6.49. The second-order valence-electron chi connectivity index (χ2n) is 7.73. The van der Waals surface area contributed by atoms with Crippen molar-refractivity contribution in [1.82, 2.24) is 0 Å². The van der Waals surface area contributed by atoms with E-state index in [0.29, 0.717) is 5.69 Å². The van der Waals surface area contributed by atoms with Gasteiger partial charge in [-0.1, -0.05) is 0 Å². The van der Waals surface area contributed by atoms with Crippen molar-refractivity contribution in [3.63, 3.8) is 0 Å². The zero-order chi connectivity index (χ0) is 21.3. The van der Waals surface area contributed by atoms with Crippen molar-refractivity contribution in [1.29, 1.82) is 0 Å². The Bertz CT molecular complexity index is 831. The summed E-state index contributed by atoms with van der Waals surface area (Å²) in [6.45, 7) is 2.61. The average molecular weight is 412 g/mol. The molecule has 160 valence electrons. The first kappa shape index (κ1) is 21.6. The zero-order valence-electron chi connectivity index (χ0n) is 17.7. The highest BCUT2D eigenvalue weighted by molar-refractivity contribution is 5.93. The van der Waals surface area contributed by atoms with Gasteiger partial charge in [-0.2, -0.15) is 0 Å². The smallest absolute Gasteiger partial charge is 0.279 e. The molecular weight excluding hydrogens is 380 g/mol. The SMILES string of the molecule is COc1ccc(NC(=O)C[NH+](C)CC(=O)Nc2ccc(N3CCCCC3)cc2)cc1. The molecule has 2 aromatic carbocycles. The standard InChI is InChI=1S/C23H30N4O3/c1-26(17-23(29)25-19-8-12-21(30-2)13-9-19)16-22(28)24-18-6-10-20(11-7-18)27-14-4-3-5-15-27/h6-13H,3-5,14-17H2,1-2H3,(H,24,28)(H,25,29)/p+1. The monoisotopic (exact) mass is 411 g/mol. The summed E-state index contributed by atoms with van der Waals surface area (Å²) in [6.07, 6.45) is 3.78. The molecule has 0 spiro atoms. The molecule has 0 radical (unpaired) electrons. The number of amides is 2. The van der Waals surface area contributed by atoms with E-state index in [2.05, 4.69) is 27.7 Å². The van der Waals surface area contributed by atoms with E-state index < -0.39 is 0 Å². The minimum atomic E-state index is -0.142. The predicted octanol–water partition coefficient (Wildman–Crippen LogP) is 1.78. The van der Waals surface area contributed by atoms with Crippen LogP contribution >= 0.6 is 0 Å². The van der Waals surface area contributed by atoms with Crippen molar-refractivity contribution >= 4 is 28.9 Å². The molecule has 1 atom stereocenters. The fraction of sp³-hybridized carbons (Fsp3) is 0.391. The number of hydrogen-bond donors (Lipinski definition) is 3. The van der Waals surface area contributed by atoms with Crippen molar-refractivity contribution < 1.29 is 19.2 Å². The molecule has 1 aliphatic rings. The topological polar surface area (TPSA) is 75.1 Å². The number of nitrogens with one attached hydrogen (secondary N) is 3. The molecule has 1 unspecified atom stereocenters. The van der Waals surface area contributed by atoms with Gasteiger partial charge in [0.2, 0.25) is 0 Å². The van der Waals surface area contributed by atoms with Gasteiger partial charge in [0.1, 0.15) is 5.75 Å². The van der Waals surface area contributed by atoms with E-state index in [0.717, 1.165) is 29.4 Å². The summed E-state index contributed by atoms with van der Waals surface area (Å²) in [6, 6.07) is 15.1. The number of carbonyl (C=O) groups is 2. The number of likely N-dealkylation sites (N-methyl/N-ethyl adjacent to an activating group) is 1. The number of methoxy groups -OCH3 is 1. The number of piperidine rings is 1. The van der Waals surface area contributed by atoms with E-state index >= 15 is 0 Å². The van der Waals surface area contributed by atoms with Gasteiger partial charge in [-0.25, -0.2) is 0 Å². The molecule has 1 aliphatic heterocycles. The predicted molar refractivity (Wildman–Crippen MR) is 119 cm³/mol. The lowest BCUT2D eigenvalue weighted by molar-refractivity contribution is -0.862. The van der Waals surface area contributed by atoms with Gasteiger partial charge in [-0.15, -0.1) is 0 Å². The normalized spacial score (nSPS) is 14.7. The van der Waals surface area contributed by atoms with Crippen LogP contribution in [0, 0.1) is 0 Å². The maximum Gasteiger partial charge on any atom is 0.279 e. The summed E-state index contributed by atoms with van der Waals surface area (Å²) in [7, 11) is 3.42. The first-order valence-electron chi connectivity index (χ1n) is 10.4. The minimum Gasteiger partial charge on any atom is -0.497 e. The first-order valence-corrected chi connectivity index (χ1v) is 10.4. The fourth-order valence-electron chi connectivity index (χ4n) is 3.60. The highest BCUT2D eigenvalue weighted by atomic mass is 16.5. The molecule has 2 aromatic rings. The van der Waals surface area contributed by atoms with Gasteiger partial charge in [0.05, 0.1) is 14.2 Å². The number of anilines is 3. The Labute approximate surface area is 178 Å². The second-order valence-corrected chi connectivity index (χ2v) is 7.73. The van der Waals surface area contributed by atoms with E-state index in [1.807, 2.05) is 19.2 Å². The van der Waals surface area contributed by atoms with Gasteiger partial charge in [-0.05, 0) is 67.8 Å². The molecule has 1 heterocycles. The minimum absolute atomic E-state index is 0.115. The molecule has 0 aromatic heterocycles. The molecule has 1 fully saturated rings. The molecule has 3 N–H and O–H groups in total. The van der Waals surface area contributed by atoms with Crippen LogP contribution in [0.25, 0.3) is 0 Å². The Kier molecular flexibility index (Phi) is 7.68. The molecule has 3 rings (SSSR count). The van der Waals surface area contributed by atoms with Crippen molar-refractivity contribution in [2.75, 3.05) is 55.9 Å². The van der Waals surface area contributed by atoms with Gasteiger partial charge in [0, 0.05) is 30.2 Å². The number of rotatable bonds is 8. The molecule has 1 saturated heterocycles. The molecule has 0 aliphatic carbocycles. The summed E-state index contributed by atoms with van der Waals surface area (Å²) < 4.78 is 5.10. The summed E-state index contributed by atoms with van der Waals surface area (Å²) >= 11 is 0. The van der Waals surface area contributed by atoms with Crippen LogP contribution in [0.3, 0.4) is 0 Å². The number of ether oxygens (including phenoxy) is 1. The van der Waals surface area contributed by atoms with Gasteiger partial charge >= 0.3 is 0 Å². The fourth-order valence-corrected chi connectivity index (χ4v) is 3.60. The quantitative estimate of drug-likeness (QED) is 0.619. The van der Waals surface area contributed by atoms with Gasteiger partial charge < -0.3 is 25.2 Å². The first-order chi connectivity index (χ1) is 14.5. The van der Waals surface area contributed by atoms with E-state index in [9.17, 15) is 9.59 Å². The number of hydrogen-bond acceptors (Lipinski definition) is 4. The van der Waals surface area contributed by atoms with Gasteiger partial charge in [0.15, 0.2) is 13.1 Å². The van der Waals surface area contributed by atoms with E-state index in [-0.39, 0.29) is 24.9 Å². The number of benzene rings is 2. The number of carbonyl (C=O) groups excluding carboxylic acids is 2. The van der Waals surface area contributed by atoms with Crippen LogP contribution in [-0.4, -0.2) is 52.2 Å². The molecule has 7 nitrogen and oxygen atoms in total. The van der Waals surface area contributed by atoms with Crippen molar-refractivity contribution in [3.05, 3.63) is 48.5 Å². The Balaban J connectivity index is 1.42. The second kappa shape index (κ2) is 10.6. The van der Waals surface area contributed by atoms with Crippen LogP contribution in [0.5, 0.6) is 5.75 Å². The Morgan fingerprint density at radius 3 is 1.87 bits per heavy atom. The Hall–Kier alpha value is -3.06. The van der Waals surface area contributed by atoms with Crippen molar-refractivity contribution in [2.24, 2.45) is 0 Å². The van der Waals surface area contributed by atoms with Crippen LogP contribution in [0.1, 0.15) is 19.3 Å². The molecule has 0 saturated carbocycles. The largest absolute Gasteiger partial charge is 0.497 e. The lowest BCUT2D eigenvalue weighted by Crippen LogP contribution is -3.11. The van der Waals surface area contributed by atoms with Gasteiger partial charge in [-0.3, -0.25) is 9.59 Å². The van der Waals surface area contributed by atoms with E-state index in [4.69, 9.17) is 4.74 Å². The lowest BCUT2D eigenvalue weighted by atomic mass is 10.1. The molecular formula is C23H31N4O3+. The summed E-state index contributed by atoms with van der Waals surface area (Å²) in [5, 5.41) is 5.75. The number of quaternary nitrogens is 1. The van der Waals surface area contributed by atoms with Crippen LogP contribution in [0.2, 0.25) is 0 Å². The average Bonchev–Trinajstić information content (AvgIpc) is 2.75. The summed E-state index contributed by atoms with van der Waals surface area (Å²) in [4.78, 5) is 27.7. The van der Waals surface area contributed by atoms with Crippen molar-refractivity contribution in [2.45, 2.75) is 19.3 Å². The molecule has 0 bridgehead atoms. The maximum atomic E-state index is 12.3. The third-order valence-electron chi connectivity index (χ3n) is 5.17. The molecule has 2 amide bonds. The van der Waals surface area contributed by atoms with Crippen LogP contribution in [0.15, 0.2) is 48.5 Å². The molecule has 7 heteroatoms. The maximum absolute atomic E-state index is 12.3. The summed E-state index contributed by atoms with van der Waals surface area (Å²) in [5.74, 6) is 0.475. The third-order valence-corrected chi connectivity index (χ3v) is 5.17. The van der Waals surface area contributed by atoms with E-state index in [1.54, 1.807) is 31.4 Å². The Morgan fingerprint density at radius 2 is 1.37 bits per heavy atom. The molecule has 30 heavy (non-hydrogen) atoms. The zero-order valence-corrected chi connectivity index (χ0v) is 17.7. The van der Waals surface area contributed by atoms with Crippen LogP contribution in [-0.2, 0) is 9.59 Å². The van der Waals surface area contributed by atoms with Crippen LogP contribution in [0.4, 0.5) is 17.1 Å². The lowest BCUT2D eigenvalue weighted by Gasteiger charge is -2.28. The highest BCUT2D eigenvalue weighted by Gasteiger charge is 2.15. The summed E-state index contributed by atoms with van der Waals surface area (Å²) in [5.41, 5.74) is 2.67. The van der Waals surface area contributed by atoms with Crippen LogP contribution < -0.4 is 25.2 Å². The van der Waals surface area contributed by atoms with Crippen molar-refractivity contribution in [3.8, 4) is 5.75 Å². The van der Waals surface area contributed by atoms with Gasteiger partial charge in [0.25, 0.3) is 11.8 Å². The highest BCUT2D eigenvalue weighted by Crippen LogP contribution is 2.21. The number of nitrogens with zero attached hydrogens (tertiary/aromatic N) is 1. The Morgan fingerprint density at radius 1 is 0.867 bits per heavy atom.